The zero-order valence-corrected chi connectivity index (χ0v) is 14.3. The van der Waals surface area contributed by atoms with Crippen LogP contribution in [0.3, 0.4) is 0 Å². The number of amides is 1. The van der Waals surface area contributed by atoms with E-state index in [-0.39, 0.29) is 12.0 Å². The van der Waals surface area contributed by atoms with Crippen molar-refractivity contribution in [2.75, 3.05) is 13.1 Å². The number of ether oxygens (including phenoxy) is 1. The molecule has 0 spiro atoms. The minimum atomic E-state index is -2.56. The summed E-state index contributed by atoms with van der Waals surface area (Å²) in [7, 11) is 0. The average Bonchev–Trinajstić information content (AvgIpc) is 2.62. The summed E-state index contributed by atoms with van der Waals surface area (Å²) in [6.07, 6.45) is 4.85. The Morgan fingerprint density at radius 3 is 2.76 bits per heavy atom. The van der Waals surface area contributed by atoms with Crippen LogP contribution in [0.4, 0.5) is 8.78 Å². The molecule has 7 heteroatoms. The first kappa shape index (κ1) is 17.7. The summed E-state index contributed by atoms with van der Waals surface area (Å²) in [5.41, 5.74) is 0.317. The molecule has 132 valence electrons. The summed E-state index contributed by atoms with van der Waals surface area (Å²) in [5, 5.41) is 0. The van der Waals surface area contributed by atoms with E-state index in [0.29, 0.717) is 41.1 Å². The fourth-order valence-corrected chi connectivity index (χ4v) is 3.47. The van der Waals surface area contributed by atoms with E-state index in [4.69, 9.17) is 4.74 Å². The lowest BCUT2D eigenvalue weighted by Gasteiger charge is -2.33. The monoisotopic (exact) mass is 364 g/mol. The quantitative estimate of drug-likeness (QED) is 0.750. The predicted molar refractivity (Wildman–Crippen MR) is 92.1 cm³/mol. The van der Waals surface area contributed by atoms with Crippen LogP contribution in [-0.4, -0.2) is 40.7 Å². The van der Waals surface area contributed by atoms with Crippen molar-refractivity contribution in [2.45, 2.75) is 29.6 Å². The summed E-state index contributed by atoms with van der Waals surface area (Å²) in [6, 6.07) is 10.1. The van der Waals surface area contributed by atoms with Gasteiger partial charge in [0.05, 0.1) is 12.1 Å². The molecule has 0 aliphatic carbocycles. The molecule has 1 aromatic carbocycles. The number of hydrogen-bond acceptors (Lipinski definition) is 4. The van der Waals surface area contributed by atoms with Gasteiger partial charge in [-0.3, -0.25) is 9.78 Å². The van der Waals surface area contributed by atoms with Crippen LogP contribution in [-0.2, 0) is 0 Å². The highest BCUT2D eigenvalue weighted by atomic mass is 32.2. The van der Waals surface area contributed by atoms with Crippen LogP contribution in [0.15, 0.2) is 53.7 Å². The van der Waals surface area contributed by atoms with Crippen LogP contribution in [0.5, 0.6) is 5.75 Å². The maximum atomic E-state index is 12.8. The van der Waals surface area contributed by atoms with Crippen molar-refractivity contribution in [1.29, 1.82) is 0 Å². The lowest BCUT2D eigenvalue weighted by Crippen LogP contribution is -2.44. The van der Waals surface area contributed by atoms with E-state index in [1.807, 2.05) is 0 Å². The molecule has 25 heavy (non-hydrogen) atoms. The second-order valence-electron chi connectivity index (χ2n) is 5.69. The van der Waals surface area contributed by atoms with Crippen LogP contribution in [0, 0.1) is 0 Å². The first-order valence-corrected chi connectivity index (χ1v) is 8.91. The normalized spacial score (nSPS) is 17.6. The van der Waals surface area contributed by atoms with E-state index in [2.05, 4.69) is 4.98 Å². The summed E-state index contributed by atoms with van der Waals surface area (Å²) < 4.78 is 31.4. The predicted octanol–water partition coefficient (Wildman–Crippen LogP) is 4.08. The van der Waals surface area contributed by atoms with Gasteiger partial charge in [-0.05, 0) is 37.1 Å². The Kier molecular flexibility index (Phi) is 5.86. The molecule has 1 unspecified atom stereocenters. The summed E-state index contributed by atoms with van der Waals surface area (Å²) in [5.74, 6) is -2.08. The maximum Gasteiger partial charge on any atom is 0.288 e. The van der Waals surface area contributed by atoms with Crippen molar-refractivity contribution in [2.24, 2.45) is 0 Å². The van der Waals surface area contributed by atoms with Gasteiger partial charge in [-0.25, -0.2) is 0 Å². The number of hydrogen-bond donors (Lipinski definition) is 0. The molecule has 0 bridgehead atoms. The van der Waals surface area contributed by atoms with Gasteiger partial charge < -0.3 is 9.64 Å². The molecular formula is C18H18F2N2O2S. The number of rotatable bonds is 5. The minimum Gasteiger partial charge on any atom is -0.488 e. The van der Waals surface area contributed by atoms with Gasteiger partial charge in [0, 0.05) is 23.8 Å². The third kappa shape index (κ3) is 4.69. The summed E-state index contributed by atoms with van der Waals surface area (Å²) >= 11 is 0.402. The Hall–Kier alpha value is -2.15. The second-order valence-corrected chi connectivity index (χ2v) is 6.72. The standard InChI is InChI=1S/C18H18F2N2O2S/c19-18(20)25-16-6-2-1-5-15(16)17(23)22-11-3-4-14(12-22)24-13-7-9-21-10-8-13/h1-2,5-10,14,18H,3-4,11-12H2. The number of pyridine rings is 1. The Morgan fingerprint density at radius 1 is 1.24 bits per heavy atom. The van der Waals surface area contributed by atoms with Crippen molar-refractivity contribution in [3.8, 4) is 5.75 Å². The highest BCUT2D eigenvalue weighted by Crippen LogP contribution is 2.30. The Balaban J connectivity index is 1.70. The second kappa shape index (κ2) is 8.29. The van der Waals surface area contributed by atoms with Crippen molar-refractivity contribution in [1.82, 2.24) is 9.88 Å². The maximum absolute atomic E-state index is 12.8. The number of aromatic nitrogens is 1. The third-order valence-corrected chi connectivity index (χ3v) is 4.74. The molecule has 1 aromatic heterocycles. The topological polar surface area (TPSA) is 42.4 Å². The van der Waals surface area contributed by atoms with E-state index >= 15 is 0 Å². The fourth-order valence-electron chi connectivity index (χ4n) is 2.84. The highest BCUT2D eigenvalue weighted by molar-refractivity contribution is 7.99. The number of benzene rings is 1. The number of likely N-dealkylation sites (tertiary alicyclic amines) is 1. The zero-order chi connectivity index (χ0) is 17.6. The molecule has 2 aromatic rings. The molecule has 2 heterocycles. The molecular weight excluding hydrogens is 346 g/mol. The van der Waals surface area contributed by atoms with Crippen molar-refractivity contribution >= 4 is 17.7 Å². The molecule has 0 saturated carbocycles. The molecule has 0 radical (unpaired) electrons. The number of halogens is 2. The van der Waals surface area contributed by atoms with Crippen LogP contribution >= 0.6 is 11.8 Å². The molecule has 1 aliphatic heterocycles. The van der Waals surface area contributed by atoms with Gasteiger partial charge in [0.25, 0.3) is 11.7 Å². The number of carbonyl (C=O) groups is 1. The largest absolute Gasteiger partial charge is 0.488 e. The Labute approximate surface area is 149 Å². The van der Waals surface area contributed by atoms with E-state index < -0.39 is 5.76 Å². The minimum absolute atomic E-state index is 0.116. The first-order valence-electron chi connectivity index (χ1n) is 8.03. The number of thioether (sulfide) groups is 1. The third-order valence-electron chi connectivity index (χ3n) is 3.95. The van der Waals surface area contributed by atoms with Crippen molar-refractivity contribution in [3.63, 3.8) is 0 Å². The zero-order valence-electron chi connectivity index (χ0n) is 13.5. The summed E-state index contributed by atoms with van der Waals surface area (Å²) in [4.78, 5) is 18.7. The first-order chi connectivity index (χ1) is 12.1. The molecule has 1 saturated heterocycles. The van der Waals surface area contributed by atoms with E-state index in [9.17, 15) is 13.6 Å². The van der Waals surface area contributed by atoms with Crippen LogP contribution < -0.4 is 4.74 Å². The van der Waals surface area contributed by atoms with Gasteiger partial charge in [-0.15, -0.1) is 0 Å². The SMILES string of the molecule is O=C(c1ccccc1SC(F)F)N1CCCC(Oc2ccncc2)C1. The van der Waals surface area contributed by atoms with Crippen LogP contribution in [0.25, 0.3) is 0 Å². The number of nitrogens with zero attached hydrogens (tertiary/aromatic N) is 2. The number of carbonyl (C=O) groups excluding carboxylic acids is 1. The van der Waals surface area contributed by atoms with Gasteiger partial charge in [-0.2, -0.15) is 8.78 Å². The van der Waals surface area contributed by atoms with E-state index in [0.717, 1.165) is 12.8 Å². The molecule has 0 N–H and O–H groups in total. The molecule has 4 nitrogen and oxygen atoms in total. The fraction of sp³-hybridized carbons (Fsp3) is 0.333. The van der Waals surface area contributed by atoms with Gasteiger partial charge in [0.15, 0.2) is 0 Å². The molecule has 1 fully saturated rings. The van der Waals surface area contributed by atoms with Gasteiger partial charge in [0.2, 0.25) is 0 Å². The molecule has 3 rings (SSSR count). The van der Waals surface area contributed by atoms with Crippen LogP contribution in [0.1, 0.15) is 23.2 Å². The van der Waals surface area contributed by atoms with Crippen molar-refractivity contribution < 1.29 is 18.3 Å². The highest BCUT2D eigenvalue weighted by Gasteiger charge is 2.27. The Morgan fingerprint density at radius 2 is 2.00 bits per heavy atom. The molecule has 1 aliphatic rings. The van der Waals surface area contributed by atoms with Gasteiger partial charge >= 0.3 is 0 Å². The van der Waals surface area contributed by atoms with E-state index in [1.54, 1.807) is 53.7 Å². The number of piperidine rings is 1. The lowest BCUT2D eigenvalue weighted by atomic mass is 10.1. The van der Waals surface area contributed by atoms with Crippen molar-refractivity contribution in [3.05, 3.63) is 54.4 Å². The number of alkyl halides is 2. The molecule has 1 atom stereocenters. The lowest BCUT2D eigenvalue weighted by molar-refractivity contribution is 0.0534. The summed E-state index contributed by atoms with van der Waals surface area (Å²) in [6.45, 7) is 1.04. The smallest absolute Gasteiger partial charge is 0.288 e. The molecule has 1 amide bonds. The average molecular weight is 364 g/mol. The van der Waals surface area contributed by atoms with Crippen LogP contribution in [0.2, 0.25) is 0 Å². The van der Waals surface area contributed by atoms with Gasteiger partial charge in [-0.1, -0.05) is 23.9 Å². The van der Waals surface area contributed by atoms with Gasteiger partial charge in [0.1, 0.15) is 11.9 Å². The Bertz CT molecular complexity index is 715. The van der Waals surface area contributed by atoms with E-state index in [1.165, 1.54) is 0 Å².